The van der Waals surface area contributed by atoms with Crippen LogP contribution in [-0.2, 0) is 11.8 Å². The molecule has 3 rings (SSSR count). The fraction of sp³-hybridized carbons (Fsp3) is 0.273. The maximum absolute atomic E-state index is 13.0. The number of methoxy groups -OCH3 is 2. The quantitative estimate of drug-likeness (QED) is 0.583. The maximum Gasteiger partial charge on any atom is 0.295 e. The van der Waals surface area contributed by atoms with Gasteiger partial charge in [-0.2, -0.15) is 0 Å². The molecule has 8 heteroatoms. The van der Waals surface area contributed by atoms with Gasteiger partial charge < -0.3 is 14.8 Å². The zero-order valence-corrected chi connectivity index (χ0v) is 18.4. The van der Waals surface area contributed by atoms with E-state index in [4.69, 9.17) is 9.47 Å². The Balaban J connectivity index is 1.80. The normalized spacial score (nSPS) is 11.8. The van der Waals surface area contributed by atoms with Gasteiger partial charge in [0.15, 0.2) is 11.5 Å². The SMILES string of the molecule is COc1ccc(S[C@@H](C)C(=O)Nc2c(C)n(C)n(-c3ccccc3)c2=O)cc1OC. The fourth-order valence-electron chi connectivity index (χ4n) is 3.08. The second-order valence-electron chi connectivity index (χ2n) is 6.70. The van der Waals surface area contributed by atoms with Gasteiger partial charge in [0, 0.05) is 11.9 Å². The zero-order valence-electron chi connectivity index (χ0n) is 17.6. The molecule has 7 nitrogen and oxygen atoms in total. The molecule has 0 saturated heterocycles. The van der Waals surface area contributed by atoms with Crippen molar-refractivity contribution in [3.63, 3.8) is 0 Å². The molecule has 0 unspecified atom stereocenters. The Morgan fingerprint density at radius 1 is 1.07 bits per heavy atom. The summed E-state index contributed by atoms with van der Waals surface area (Å²) >= 11 is 1.38. The van der Waals surface area contributed by atoms with Crippen LogP contribution in [0.2, 0.25) is 0 Å². The van der Waals surface area contributed by atoms with Crippen molar-refractivity contribution >= 4 is 23.4 Å². The number of carbonyl (C=O) groups is 1. The standard InChI is InChI=1S/C22H25N3O4S/c1-14-20(22(27)25(24(14)3)16-9-7-6-8-10-16)23-21(26)15(2)30-17-11-12-18(28-4)19(13-17)29-5/h6-13,15H,1-5H3,(H,23,26)/t15-/m0/s1. The summed E-state index contributed by atoms with van der Waals surface area (Å²) in [4.78, 5) is 26.6. The Kier molecular flexibility index (Phi) is 6.56. The molecule has 0 spiro atoms. The molecule has 158 valence electrons. The van der Waals surface area contributed by atoms with Crippen molar-refractivity contribution < 1.29 is 14.3 Å². The smallest absolute Gasteiger partial charge is 0.295 e. The number of carbonyl (C=O) groups excluding carboxylic acids is 1. The summed E-state index contributed by atoms with van der Waals surface area (Å²) in [6.45, 7) is 3.60. The van der Waals surface area contributed by atoms with Crippen LogP contribution >= 0.6 is 11.8 Å². The summed E-state index contributed by atoms with van der Waals surface area (Å²) in [5, 5.41) is 2.39. The number of hydrogen-bond acceptors (Lipinski definition) is 5. The van der Waals surface area contributed by atoms with E-state index in [-0.39, 0.29) is 17.2 Å². The zero-order chi connectivity index (χ0) is 21.8. The molecule has 1 aromatic heterocycles. The minimum atomic E-state index is -0.424. The van der Waals surface area contributed by atoms with E-state index in [2.05, 4.69) is 5.32 Å². The third-order valence-electron chi connectivity index (χ3n) is 4.84. The molecule has 0 aliphatic carbocycles. The van der Waals surface area contributed by atoms with E-state index in [1.807, 2.05) is 49.4 Å². The number of aromatic nitrogens is 2. The Labute approximate surface area is 179 Å². The first-order valence-corrected chi connectivity index (χ1v) is 10.3. The lowest BCUT2D eigenvalue weighted by atomic mass is 10.3. The van der Waals surface area contributed by atoms with Gasteiger partial charge in [-0.1, -0.05) is 18.2 Å². The second kappa shape index (κ2) is 9.13. The molecule has 0 radical (unpaired) electrons. The molecule has 0 aliphatic rings. The molecule has 1 N–H and O–H groups in total. The first-order valence-electron chi connectivity index (χ1n) is 9.41. The summed E-state index contributed by atoms with van der Waals surface area (Å²) in [7, 11) is 4.94. The number of hydrogen-bond donors (Lipinski definition) is 1. The maximum atomic E-state index is 13.0. The van der Waals surface area contributed by atoms with Crippen LogP contribution in [-0.4, -0.2) is 34.7 Å². The van der Waals surface area contributed by atoms with Crippen molar-refractivity contribution in [2.45, 2.75) is 24.0 Å². The molecule has 1 heterocycles. The number of rotatable bonds is 7. The minimum absolute atomic E-state index is 0.249. The average Bonchev–Trinajstić information content (AvgIpc) is 2.97. The molecule has 0 saturated carbocycles. The molecule has 1 amide bonds. The van der Waals surface area contributed by atoms with Crippen LogP contribution in [0.5, 0.6) is 11.5 Å². The Morgan fingerprint density at radius 2 is 1.73 bits per heavy atom. The van der Waals surface area contributed by atoms with E-state index in [0.29, 0.717) is 17.2 Å². The van der Waals surface area contributed by atoms with Gasteiger partial charge in [-0.15, -0.1) is 11.8 Å². The van der Waals surface area contributed by atoms with Crippen LogP contribution in [0.15, 0.2) is 58.2 Å². The first-order chi connectivity index (χ1) is 14.4. The Bertz CT molecular complexity index is 1110. The predicted octanol–water partition coefficient (Wildman–Crippen LogP) is 3.62. The van der Waals surface area contributed by atoms with E-state index in [1.54, 1.807) is 38.9 Å². The van der Waals surface area contributed by atoms with E-state index >= 15 is 0 Å². The summed E-state index contributed by atoms with van der Waals surface area (Å²) in [5.74, 6) is 0.973. The van der Waals surface area contributed by atoms with Crippen molar-refractivity contribution in [2.24, 2.45) is 7.05 Å². The van der Waals surface area contributed by atoms with Gasteiger partial charge in [0.2, 0.25) is 5.91 Å². The monoisotopic (exact) mass is 427 g/mol. The number of para-hydroxylation sites is 1. The lowest BCUT2D eigenvalue weighted by Crippen LogP contribution is -2.27. The summed E-state index contributed by atoms with van der Waals surface area (Å²) in [6, 6.07) is 14.8. The van der Waals surface area contributed by atoms with E-state index in [0.717, 1.165) is 10.6 Å². The highest BCUT2D eigenvalue weighted by atomic mass is 32.2. The van der Waals surface area contributed by atoms with Crippen LogP contribution in [0, 0.1) is 6.92 Å². The van der Waals surface area contributed by atoms with Gasteiger partial charge in [-0.25, -0.2) is 4.68 Å². The second-order valence-corrected chi connectivity index (χ2v) is 8.12. The first kappa shape index (κ1) is 21.6. The van der Waals surface area contributed by atoms with E-state index in [9.17, 15) is 9.59 Å². The molecule has 30 heavy (non-hydrogen) atoms. The number of amides is 1. The van der Waals surface area contributed by atoms with Gasteiger partial charge in [0.1, 0.15) is 5.69 Å². The number of nitrogens with one attached hydrogen (secondary N) is 1. The van der Waals surface area contributed by atoms with Crippen LogP contribution in [0.4, 0.5) is 5.69 Å². The largest absolute Gasteiger partial charge is 0.493 e. The van der Waals surface area contributed by atoms with Crippen LogP contribution in [0.25, 0.3) is 5.69 Å². The highest BCUT2D eigenvalue weighted by Gasteiger charge is 2.22. The number of nitrogens with zero attached hydrogens (tertiary/aromatic N) is 2. The highest BCUT2D eigenvalue weighted by Crippen LogP contribution is 2.33. The van der Waals surface area contributed by atoms with E-state index in [1.165, 1.54) is 16.4 Å². The minimum Gasteiger partial charge on any atom is -0.493 e. The lowest BCUT2D eigenvalue weighted by molar-refractivity contribution is -0.115. The third kappa shape index (κ3) is 4.23. The molecule has 2 aromatic carbocycles. The Hall–Kier alpha value is -3.13. The molecule has 0 aliphatic heterocycles. The molecule has 0 bridgehead atoms. The molecular weight excluding hydrogens is 402 g/mol. The van der Waals surface area contributed by atoms with Gasteiger partial charge >= 0.3 is 0 Å². The van der Waals surface area contributed by atoms with Crippen LogP contribution in [0.3, 0.4) is 0 Å². The summed E-state index contributed by atoms with van der Waals surface area (Å²) in [6.07, 6.45) is 0. The fourth-order valence-corrected chi connectivity index (χ4v) is 3.98. The number of benzene rings is 2. The third-order valence-corrected chi connectivity index (χ3v) is 5.93. The van der Waals surface area contributed by atoms with Gasteiger partial charge in [-0.05, 0) is 44.2 Å². The van der Waals surface area contributed by atoms with Crippen molar-refractivity contribution in [3.8, 4) is 17.2 Å². The number of anilines is 1. The van der Waals surface area contributed by atoms with Crippen molar-refractivity contribution in [2.75, 3.05) is 19.5 Å². The molecule has 1 atom stereocenters. The summed E-state index contributed by atoms with van der Waals surface area (Å²) in [5.41, 5.74) is 1.44. The van der Waals surface area contributed by atoms with Crippen molar-refractivity contribution in [1.29, 1.82) is 0 Å². The Morgan fingerprint density at radius 3 is 2.37 bits per heavy atom. The van der Waals surface area contributed by atoms with Gasteiger partial charge in [-0.3, -0.25) is 14.3 Å². The number of thioether (sulfide) groups is 1. The van der Waals surface area contributed by atoms with Gasteiger partial charge in [0.05, 0.1) is 30.9 Å². The topological polar surface area (TPSA) is 74.5 Å². The van der Waals surface area contributed by atoms with Crippen LogP contribution in [0.1, 0.15) is 12.6 Å². The van der Waals surface area contributed by atoms with Crippen molar-refractivity contribution in [1.82, 2.24) is 9.36 Å². The van der Waals surface area contributed by atoms with E-state index < -0.39 is 5.25 Å². The molecular formula is C22H25N3O4S. The summed E-state index contributed by atoms with van der Waals surface area (Å²) < 4.78 is 13.8. The van der Waals surface area contributed by atoms with Crippen LogP contribution < -0.4 is 20.3 Å². The van der Waals surface area contributed by atoms with Crippen molar-refractivity contribution in [3.05, 3.63) is 64.6 Å². The number of ether oxygens (including phenoxy) is 2. The lowest BCUT2D eigenvalue weighted by Gasteiger charge is -2.13. The van der Waals surface area contributed by atoms with Gasteiger partial charge in [0.25, 0.3) is 5.56 Å². The molecule has 0 fully saturated rings. The average molecular weight is 428 g/mol. The molecule has 3 aromatic rings. The highest BCUT2D eigenvalue weighted by molar-refractivity contribution is 8.00. The predicted molar refractivity (Wildman–Crippen MR) is 119 cm³/mol.